The summed E-state index contributed by atoms with van der Waals surface area (Å²) in [5, 5.41) is 15.5. The molecule has 141 heavy (non-hydrogen) atoms. The minimum atomic E-state index is -3.90. The summed E-state index contributed by atoms with van der Waals surface area (Å²) < 4.78 is 104. The molecule has 0 spiro atoms. The van der Waals surface area contributed by atoms with Crippen LogP contribution in [0.4, 0.5) is 50.4 Å². The van der Waals surface area contributed by atoms with Gasteiger partial charge < -0.3 is 77.4 Å². The third-order valence-electron chi connectivity index (χ3n) is 31.4. The van der Waals surface area contributed by atoms with Crippen molar-refractivity contribution in [3.63, 3.8) is 0 Å². The van der Waals surface area contributed by atoms with Crippen molar-refractivity contribution >= 4 is 63.7 Å². The molecular weight excluding hydrogens is 1810 g/mol. The standard InChI is InChI=1S/C23H31N3O3.C23H34N2O3.C22H30N2O3.C20H25F5N2O2.C20H28N2O3.3CH4/c1-16(13-26-21-4-2-3-5-22(21)28-15-23(26)27)12-25-19-8-9-20(25)11-18(10-19)24-29-14-17-6-7-17;1-3-4-11-23(27)12-18-9-10-19(13-23)24(18)14-17(2)15-25-20-7-5-6-8-21(20)28-16-22(25)26;25-22-15-27-21-5-2-1-4-20(21)24(22)11-3-10-23-17-8-9-18(23)13-19(12-17)26-14-16-6-7-16;21-15-2-3-16-17(12-15)29-13-18(28)27(16)9-1-8-26-10-5-14(6-11-26)4-7-20(24,25)19(22)23;23-20-15-25-19-5-2-1-4-18(19)22(20)11-3-10-21-12-8-17(9-13-21)24-14-16-6-7-16;;;/h2-5,16-17,19-20H,6-15H2,1H3;5-8,17-19,27H,3-4,9-16H2,1-2H3;1-2,4-5,16-19H,3,6-15H2;2-3,12,14,19H,1,4-11,13H2;1-2,4-5,16-17H,3,6-15H2;3*1H4/t;17-,18?,19?,23?;;;;;;/m.1....../s1. The van der Waals surface area contributed by atoms with E-state index < -0.39 is 30.2 Å². The first-order valence-electron chi connectivity index (χ1n) is 52.3. The number of likely N-dealkylation sites (tertiary alicyclic amines) is 2. The third kappa shape index (κ3) is 29.2. The number of alkyl halides is 4. The minimum absolute atomic E-state index is 0. The fourth-order valence-electron chi connectivity index (χ4n) is 23.2. The van der Waals surface area contributed by atoms with E-state index in [1.807, 2.05) is 117 Å². The van der Waals surface area contributed by atoms with Crippen LogP contribution in [0.1, 0.15) is 236 Å². The number of aliphatic hydroxyl groups is 1. The number of amides is 5. The second kappa shape index (κ2) is 50.9. The highest BCUT2D eigenvalue weighted by Crippen LogP contribution is 2.47. The number of carbonyl (C=O) groups is 5. The number of halogens is 5. The molecular formula is C111H160F5N11O14. The molecule has 16 aliphatic rings. The molecule has 13 aliphatic heterocycles. The number of anilines is 5. The van der Waals surface area contributed by atoms with E-state index in [9.17, 15) is 51.0 Å². The zero-order chi connectivity index (χ0) is 95.8. The van der Waals surface area contributed by atoms with Gasteiger partial charge in [-0.3, -0.25) is 38.7 Å². The molecule has 3 aliphatic carbocycles. The van der Waals surface area contributed by atoms with Crippen molar-refractivity contribution in [3.8, 4) is 28.7 Å². The Morgan fingerprint density at radius 1 is 0.426 bits per heavy atom. The van der Waals surface area contributed by atoms with Gasteiger partial charge >= 0.3 is 12.3 Å². The highest BCUT2D eigenvalue weighted by Gasteiger charge is 2.49. The number of para-hydroxylation sites is 8. The predicted octanol–water partition coefficient (Wildman–Crippen LogP) is 19.2. The van der Waals surface area contributed by atoms with E-state index in [1.54, 1.807) is 4.90 Å². The van der Waals surface area contributed by atoms with Crippen LogP contribution < -0.4 is 48.2 Å². The van der Waals surface area contributed by atoms with E-state index in [1.165, 1.54) is 114 Å². The Balaban J connectivity index is 0.000000140. The lowest BCUT2D eigenvalue weighted by Gasteiger charge is -2.45. The Morgan fingerprint density at radius 2 is 0.809 bits per heavy atom. The number of rotatable bonds is 36. The van der Waals surface area contributed by atoms with Crippen LogP contribution in [0.2, 0.25) is 0 Å². The highest BCUT2D eigenvalue weighted by molar-refractivity contribution is 6.01. The molecule has 6 bridgehead atoms. The first-order chi connectivity index (χ1) is 67.0. The SMILES string of the molecule is C.C.C.CC(CN1C(=O)COc2ccccc21)CN1C2CCC1CC(=NOCC1CC1)C2.CCCCC1(O)CC2CCC(C1)N2C[C@@H](C)CN1C(=O)COc2ccccc21.O=C1COc2cc(F)ccc2N1CCCN1CCC(CCC(F)(F)C(F)F)CC1.O=C1COc2ccccc2N1CCCN1C2CCC1CC(OCC1CC1)C2.O=C1COc2ccccc2N1CCCN1CCC(OCC2CC2)CC1. The van der Waals surface area contributed by atoms with Crippen molar-refractivity contribution in [2.45, 2.75) is 302 Å². The Hall–Kier alpha value is -8.75. The minimum Gasteiger partial charge on any atom is -0.482 e. The van der Waals surface area contributed by atoms with Gasteiger partial charge in [-0.1, -0.05) is 110 Å². The second-order valence-electron chi connectivity index (χ2n) is 42.2. The van der Waals surface area contributed by atoms with Crippen LogP contribution in [-0.4, -0.2) is 276 Å². The summed E-state index contributed by atoms with van der Waals surface area (Å²) in [7, 11) is 0. The molecule has 30 heteroatoms. The van der Waals surface area contributed by atoms with E-state index in [4.69, 9.17) is 38.0 Å². The molecule has 5 amide bonds. The number of hydrogen-bond acceptors (Lipinski definition) is 20. The van der Waals surface area contributed by atoms with Gasteiger partial charge in [0, 0.05) is 140 Å². The third-order valence-corrected chi connectivity index (χ3v) is 31.4. The number of benzene rings is 5. The maximum atomic E-state index is 13.3. The van der Waals surface area contributed by atoms with Crippen LogP contribution in [0.25, 0.3) is 0 Å². The van der Waals surface area contributed by atoms with Crippen molar-refractivity contribution in [1.29, 1.82) is 0 Å². The van der Waals surface area contributed by atoms with Crippen molar-refractivity contribution in [2.24, 2.45) is 40.7 Å². The summed E-state index contributed by atoms with van der Waals surface area (Å²) in [6, 6.07) is 38.9. The fraction of sp³-hybridized carbons (Fsp3) is 0.676. The lowest BCUT2D eigenvalue weighted by atomic mass is 9.82. The van der Waals surface area contributed by atoms with Gasteiger partial charge in [0.25, 0.3) is 29.5 Å². The Kier molecular flexibility index (Phi) is 38.9. The molecule has 8 atom stereocenters. The average molecular weight is 1970 g/mol. The average Bonchev–Trinajstić information content (AvgIpc) is 1.63. The zero-order valence-electron chi connectivity index (χ0n) is 81.5. The summed E-state index contributed by atoms with van der Waals surface area (Å²) in [5.41, 5.74) is 4.97. The molecule has 21 rings (SSSR count). The topological polar surface area (TPSA) is 224 Å². The molecule has 778 valence electrons. The molecule has 5 aromatic carbocycles. The van der Waals surface area contributed by atoms with E-state index in [0.29, 0.717) is 97.5 Å². The van der Waals surface area contributed by atoms with Crippen LogP contribution in [0.5, 0.6) is 28.7 Å². The van der Waals surface area contributed by atoms with Gasteiger partial charge in [0.1, 0.15) is 41.2 Å². The van der Waals surface area contributed by atoms with Crippen LogP contribution in [0.15, 0.2) is 120 Å². The Morgan fingerprint density at radius 3 is 1.26 bits per heavy atom. The smallest absolute Gasteiger partial charge is 0.307 e. The number of nitrogens with zero attached hydrogens (tertiary/aromatic N) is 11. The fourth-order valence-corrected chi connectivity index (χ4v) is 23.2. The van der Waals surface area contributed by atoms with Gasteiger partial charge in [-0.05, 0) is 283 Å². The first kappa shape index (κ1) is 108. The summed E-state index contributed by atoms with van der Waals surface area (Å²) in [5.74, 6) is 2.61. The van der Waals surface area contributed by atoms with Gasteiger partial charge in [-0.2, -0.15) is 0 Å². The molecule has 8 saturated heterocycles. The maximum absolute atomic E-state index is 13.3. The van der Waals surface area contributed by atoms with E-state index in [2.05, 4.69) is 50.4 Å². The van der Waals surface area contributed by atoms with Gasteiger partial charge in [-0.15, -0.1) is 0 Å². The van der Waals surface area contributed by atoms with Crippen LogP contribution >= 0.6 is 0 Å². The molecule has 0 aromatic heterocycles. The van der Waals surface area contributed by atoms with E-state index in [0.717, 1.165) is 239 Å². The van der Waals surface area contributed by atoms with Crippen molar-refractivity contribution in [2.75, 3.05) is 169 Å². The van der Waals surface area contributed by atoms with Crippen molar-refractivity contribution in [3.05, 3.63) is 121 Å². The summed E-state index contributed by atoms with van der Waals surface area (Å²) in [4.78, 5) is 89.1. The lowest BCUT2D eigenvalue weighted by molar-refractivity contribution is -0.135. The molecule has 25 nitrogen and oxygen atoms in total. The molecule has 13 heterocycles. The Labute approximate surface area is 834 Å². The largest absolute Gasteiger partial charge is 0.482 e. The normalized spacial score (nSPS) is 25.3. The number of ether oxygens (including phenoxy) is 7. The molecule has 3 saturated carbocycles. The monoisotopic (exact) mass is 1970 g/mol. The summed E-state index contributed by atoms with van der Waals surface area (Å²) >= 11 is 0. The Bertz CT molecular complexity index is 4840. The molecule has 0 radical (unpaired) electrons. The van der Waals surface area contributed by atoms with Gasteiger partial charge in [0.2, 0.25) is 0 Å². The number of carbonyl (C=O) groups excluding carboxylic acids is 5. The zero-order valence-corrected chi connectivity index (χ0v) is 81.5. The molecule has 5 aromatic rings. The van der Waals surface area contributed by atoms with Crippen molar-refractivity contribution < 1.29 is 89.0 Å². The van der Waals surface area contributed by atoms with Gasteiger partial charge in [0.05, 0.1) is 52.0 Å². The number of unbranched alkanes of at least 4 members (excludes halogenated alkanes) is 1. The van der Waals surface area contributed by atoms with Crippen LogP contribution in [-0.2, 0) is 38.3 Å². The predicted molar refractivity (Wildman–Crippen MR) is 543 cm³/mol. The van der Waals surface area contributed by atoms with E-state index >= 15 is 0 Å². The maximum Gasteiger partial charge on any atom is 0.307 e. The number of fused-ring (bicyclic) bond motifs is 11. The van der Waals surface area contributed by atoms with Crippen LogP contribution in [0, 0.1) is 41.3 Å². The van der Waals surface area contributed by atoms with Gasteiger partial charge in [0.15, 0.2) is 33.0 Å². The van der Waals surface area contributed by atoms with E-state index in [-0.39, 0.29) is 97.2 Å². The summed E-state index contributed by atoms with van der Waals surface area (Å²) in [6.07, 6.45) is 28.2. The quantitative estimate of drug-likeness (QED) is 0.0291. The number of oxime groups is 1. The van der Waals surface area contributed by atoms with Crippen molar-refractivity contribution in [1.82, 2.24) is 24.5 Å². The first-order valence-corrected chi connectivity index (χ1v) is 52.3. The lowest BCUT2D eigenvalue weighted by Crippen LogP contribution is -2.53. The van der Waals surface area contributed by atoms with Gasteiger partial charge in [-0.25, -0.2) is 22.0 Å². The molecule has 11 fully saturated rings. The molecule has 7 unspecified atom stereocenters. The highest BCUT2D eigenvalue weighted by atomic mass is 19.3. The number of piperidine rings is 5. The second-order valence-corrected chi connectivity index (χ2v) is 42.2. The number of hydrogen-bond donors (Lipinski definition) is 1. The molecule has 1 N–H and O–H groups in total. The van der Waals surface area contributed by atoms with Crippen LogP contribution in [0.3, 0.4) is 0 Å². The summed E-state index contributed by atoms with van der Waals surface area (Å²) in [6.45, 7) is 21.9.